The van der Waals surface area contributed by atoms with Crippen LogP contribution in [0.25, 0.3) is 11.6 Å². The molecule has 1 saturated carbocycles. The van der Waals surface area contributed by atoms with E-state index in [0.29, 0.717) is 11.5 Å². The van der Waals surface area contributed by atoms with E-state index in [1.807, 2.05) is 0 Å². The van der Waals surface area contributed by atoms with Crippen molar-refractivity contribution >= 4 is 5.82 Å². The lowest BCUT2D eigenvalue weighted by atomic mass is 9.99. The molecule has 18 heavy (non-hydrogen) atoms. The van der Waals surface area contributed by atoms with Crippen LogP contribution in [-0.2, 0) is 5.54 Å². The van der Waals surface area contributed by atoms with Crippen molar-refractivity contribution in [3.63, 3.8) is 0 Å². The SMILES string of the molecule is Nc1nccnc1-c1nc(C2(N)CCCC2)no1. The highest BCUT2D eigenvalue weighted by Crippen LogP contribution is 2.35. The minimum Gasteiger partial charge on any atom is -0.382 e. The fourth-order valence-electron chi connectivity index (χ4n) is 2.26. The van der Waals surface area contributed by atoms with Crippen LogP contribution in [0, 0.1) is 0 Å². The third kappa shape index (κ3) is 1.72. The maximum Gasteiger partial charge on any atom is 0.280 e. The predicted molar refractivity (Wildman–Crippen MR) is 64.1 cm³/mol. The van der Waals surface area contributed by atoms with Gasteiger partial charge in [0.2, 0.25) is 0 Å². The molecule has 94 valence electrons. The Kier molecular flexibility index (Phi) is 2.48. The molecule has 0 aliphatic heterocycles. The van der Waals surface area contributed by atoms with E-state index < -0.39 is 5.54 Å². The Morgan fingerprint density at radius 2 is 1.89 bits per heavy atom. The van der Waals surface area contributed by atoms with Gasteiger partial charge in [0, 0.05) is 12.4 Å². The van der Waals surface area contributed by atoms with Gasteiger partial charge in [-0.25, -0.2) is 9.97 Å². The van der Waals surface area contributed by atoms with Gasteiger partial charge in [-0.05, 0) is 12.8 Å². The van der Waals surface area contributed by atoms with Gasteiger partial charge in [-0.1, -0.05) is 18.0 Å². The molecule has 2 aromatic rings. The van der Waals surface area contributed by atoms with Crippen molar-refractivity contribution in [1.29, 1.82) is 0 Å². The number of hydrogen-bond acceptors (Lipinski definition) is 7. The number of nitrogens with two attached hydrogens (primary N) is 2. The van der Waals surface area contributed by atoms with E-state index in [4.69, 9.17) is 16.0 Å². The van der Waals surface area contributed by atoms with Crippen LogP contribution in [0.4, 0.5) is 5.82 Å². The van der Waals surface area contributed by atoms with Gasteiger partial charge in [-0.3, -0.25) is 0 Å². The number of nitrogens with zero attached hydrogens (tertiary/aromatic N) is 4. The van der Waals surface area contributed by atoms with Gasteiger partial charge < -0.3 is 16.0 Å². The zero-order chi connectivity index (χ0) is 12.6. The molecule has 4 N–H and O–H groups in total. The third-order valence-electron chi connectivity index (χ3n) is 3.30. The highest BCUT2D eigenvalue weighted by molar-refractivity contribution is 5.61. The Morgan fingerprint density at radius 3 is 2.61 bits per heavy atom. The fraction of sp³-hybridized carbons (Fsp3) is 0.455. The summed E-state index contributed by atoms with van der Waals surface area (Å²) in [7, 11) is 0. The van der Waals surface area contributed by atoms with Gasteiger partial charge in [-0.15, -0.1) is 0 Å². The van der Waals surface area contributed by atoms with Crippen LogP contribution in [0.3, 0.4) is 0 Å². The molecule has 0 amide bonds. The second-order valence-corrected chi connectivity index (χ2v) is 4.58. The quantitative estimate of drug-likeness (QED) is 0.806. The Bertz CT molecular complexity index is 560. The first kappa shape index (κ1) is 11.1. The minimum absolute atomic E-state index is 0.269. The van der Waals surface area contributed by atoms with E-state index >= 15 is 0 Å². The van der Waals surface area contributed by atoms with Crippen LogP contribution in [-0.4, -0.2) is 20.1 Å². The van der Waals surface area contributed by atoms with Crippen LogP contribution in [0.15, 0.2) is 16.9 Å². The zero-order valence-electron chi connectivity index (χ0n) is 9.83. The van der Waals surface area contributed by atoms with Crippen LogP contribution in [0.2, 0.25) is 0 Å². The summed E-state index contributed by atoms with van der Waals surface area (Å²) in [5, 5.41) is 3.95. The third-order valence-corrected chi connectivity index (χ3v) is 3.30. The average Bonchev–Trinajstić information content (AvgIpc) is 2.99. The van der Waals surface area contributed by atoms with Gasteiger partial charge in [0.15, 0.2) is 17.3 Å². The Balaban J connectivity index is 1.97. The molecule has 1 aliphatic rings. The van der Waals surface area contributed by atoms with Crippen molar-refractivity contribution in [1.82, 2.24) is 20.1 Å². The van der Waals surface area contributed by atoms with E-state index in [0.717, 1.165) is 25.7 Å². The number of nitrogen functional groups attached to an aromatic ring is 1. The van der Waals surface area contributed by atoms with Crippen molar-refractivity contribution in [2.75, 3.05) is 5.73 Å². The summed E-state index contributed by atoms with van der Waals surface area (Å²) in [6.07, 6.45) is 6.98. The summed E-state index contributed by atoms with van der Waals surface area (Å²) in [6.45, 7) is 0. The van der Waals surface area contributed by atoms with E-state index in [2.05, 4.69) is 20.1 Å². The first-order chi connectivity index (χ1) is 8.69. The summed E-state index contributed by atoms with van der Waals surface area (Å²) >= 11 is 0. The molecule has 2 aromatic heterocycles. The van der Waals surface area contributed by atoms with Gasteiger partial charge in [0.05, 0.1) is 5.54 Å². The van der Waals surface area contributed by atoms with Crippen LogP contribution in [0.5, 0.6) is 0 Å². The summed E-state index contributed by atoms with van der Waals surface area (Å²) < 4.78 is 5.19. The first-order valence-corrected chi connectivity index (χ1v) is 5.89. The van der Waals surface area contributed by atoms with Crippen molar-refractivity contribution in [3.8, 4) is 11.6 Å². The molecule has 2 heterocycles. The molecule has 0 saturated heterocycles. The lowest BCUT2D eigenvalue weighted by Gasteiger charge is -2.17. The first-order valence-electron chi connectivity index (χ1n) is 5.89. The molecular formula is C11H14N6O. The maximum atomic E-state index is 6.26. The lowest BCUT2D eigenvalue weighted by Crippen LogP contribution is -2.34. The summed E-state index contributed by atoms with van der Waals surface area (Å²) in [4.78, 5) is 12.3. The highest BCUT2D eigenvalue weighted by atomic mass is 16.5. The molecule has 7 heteroatoms. The number of hydrogen-bond donors (Lipinski definition) is 2. The van der Waals surface area contributed by atoms with Crippen molar-refractivity contribution < 1.29 is 4.52 Å². The number of rotatable bonds is 2. The van der Waals surface area contributed by atoms with E-state index in [9.17, 15) is 0 Å². The summed E-state index contributed by atoms with van der Waals surface area (Å²) in [6, 6.07) is 0. The monoisotopic (exact) mass is 246 g/mol. The van der Waals surface area contributed by atoms with E-state index in [1.54, 1.807) is 0 Å². The Hall–Kier alpha value is -2.02. The highest BCUT2D eigenvalue weighted by Gasteiger charge is 2.36. The van der Waals surface area contributed by atoms with Crippen LogP contribution < -0.4 is 11.5 Å². The van der Waals surface area contributed by atoms with Crippen molar-refractivity contribution in [2.24, 2.45) is 5.73 Å². The summed E-state index contributed by atoms with van der Waals surface area (Å²) in [5.41, 5.74) is 11.9. The second kappa shape index (κ2) is 4.02. The molecule has 0 aromatic carbocycles. The van der Waals surface area contributed by atoms with Gasteiger partial charge in [0.25, 0.3) is 5.89 Å². The van der Waals surface area contributed by atoms with Crippen molar-refractivity contribution in [3.05, 3.63) is 18.2 Å². The maximum absolute atomic E-state index is 6.26. The van der Waals surface area contributed by atoms with Crippen molar-refractivity contribution in [2.45, 2.75) is 31.2 Å². The van der Waals surface area contributed by atoms with E-state index in [-0.39, 0.29) is 11.7 Å². The largest absolute Gasteiger partial charge is 0.382 e. The fourth-order valence-corrected chi connectivity index (χ4v) is 2.26. The molecule has 3 rings (SSSR count). The van der Waals surface area contributed by atoms with Crippen LogP contribution in [0.1, 0.15) is 31.5 Å². The van der Waals surface area contributed by atoms with Gasteiger partial charge in [0.1, 0.15) is 0 Å². The molecule has 0 unspecified atom stereocenters. The molecule has 1 fully saturated rings. The molecule has 7 nitrogen and oxygen atoms in total. The standard InChI is InChI=1S/C11H14N6O/c12-8-7(14-5-6-15-8)9-16-10(17-18-9)11(13)3-1-2-4-11/h5-6H,1-4,13H2,(H2,12,15). The molecule has 0 atom stereocenters. The lowest BCUT2D eigenvalue weighted by molar-refractivity contribution is 0.372. The van der Waals surface area contributed by atoms with E-state index in [1.165, 1.54) is 12.4 Å². The van der Waals surface area contributed by atoms with Crippen LogP contribution >= 0.6 is 0 Å². The molecule has 0 spiro atoms. The topological polar surface area (TPSA) is 117 Å². The smallest absolute Gasteiger partial charge is 0.280 e. The predicted octanol–water partition coefficient (Wildman–Crippen LogP) is 0.837. The Labute approximate surface area is 104 Å². The normalized spacial score (nSPS) is 18.1. The summed E-state index contributed by atoms with van der Waals surface area (Å²) in [5.74, 6) is 1.07. The van der Waals surface area contributed by atoms with Gasteiger partial charge in [-0.2, -0.15) is 4.98 Å². The molecular weight excluding hydrogens is 232 g/mol. The Morgan fingerprint density at radius 1 is 1.17 bits per heavy atom. The van der Waals surface area contributed by atoms with Gasteiger partial charge >= 0.3 is 0 Å². The second-order valence-electron chi connectivity index (χ2n) is 4.58. The number of aromatic nitrogens is 4. The zero-order valence-corrected chi connectivity index (χ0v) is 9.83. The minimum atomic E-state index is -0.473. The molecule has 0 bridgehead atoms. The average molecular weight is 246 g/mol. The molecule has 1 aliphatic carbocycles. The number of anilines is 1. The molecule has 0 radical (unpaired) electrons.